The van der Waals surface area contributed by atoms with Crippen molar-refractivity contribution in [1.82, 2.24) is 4.90 Å². The summed E-state index contributed by atoms with van der Waals surface area (Å²) in [5.74, 6) is 0.987. The molecule has 0 aromatic heterocycles. The monoisotopic (exact) mass is 268 g/mol. The predicted octanol–water partition coefficient (Wildman–Crippen LogP) is 1.69. The van der Waals surface area contributed by atoms with Gasteiger partial charge in [0.05, 0.1) is 0 Å². The van der Waals surface area contributed by atoms with Crippen molar-refractivity contribution in [2.45, 2.75) is 11.8 Å². The lowest BCUT2D eigenvalue weighted by atomic mass is 10.2. The molecule has 0 bridgehead atoms. The number of nitrogens with zero attached hydrogens (tertiary/aromatic N) is 1. The number of carbonyl (C=O) groups excluding carboxylic acids is 1. The van der Waals surface area contributed by atoms with Crippen LogP contribution >= 0.6 is 11.8 Å². The Bertz CT molecular complexity index is 421. The van der Waals surface area contributed by atoms with E-state index in [-0.39, 0.29) is 18.4 Å². The maximum atomic E-state index is 11.8. The van der Waals surface area contributed by atoms with E-state index in [4.69, 9.17) is 10.8 Å². The van der Waals surface area contributed by atoms with Crippen molar-refractivity contribution >= 4 is 23.4 Å². The van der Waals surface area contributed by atoms with Gasteiger partial charge in [-0.15, -0.1) is 11.8 Å². The molecule has 0 fully saturated rings. The first-order valence-corrected chi connectivity index (χ1v) is 6.79. The van der Waals surface area contributed by atoms with Gasteiger partial charge >= 0.3 is 0 Å². The highest BCUT2D eigenvalue weighted by Crippen LogP contribution is 2.27. The van der Waals surface area contributed by atoms with Gasteiger partial charge in [-0.3, -0.25) is 4.79 Å². The highest BCUT2D eigenvalue weighted by Gasteiger charge is 2.10. The van der Waals surface area contributed by atoms with Crippen molar-refractivity contribution in [1.29, 1.82) is 0 Å². The van der Waals surface area contributed by atoms with Crippen LogP contribution in [0.25, 0.3) is 0 Å². The quantitative estimate of drug-likeness (QED) is 0.630. The smallest absolute Gasteiger partial charge is 0.253 e. The summed E-state index contributed by atoms with van der Waals surface area (Å²) in [7, 11) is 3.42. The Hall–Kier alpha value is -1.20. The van der Waals surface area contributed by atoms with Crippen molar-refractivity contribution in [3.05, 3.63) is 23.8 Å². The summed E-state index contributed by atoms with van der Waals surface area (Å²) >= 11 is 1.60. The molecule has 0 aliphatic heterocycles. The Labute approximate surface area is 112 Å². The van der Waals surface area contributed by atoms with Crippen LogP contribution in [0, 0.1) is 5.92 Å². The van der Waals surface area contributed by atoms with Crippen molar-refractivity contribution in [2.24, 2.45) is 5.92 Å². The molecule has 1 unspecified atom stereocenters. The van der Waals surface area contributed by atoms with E-state index in [2.05, 4.69) is 0 Å². The highest BCUT2D eigenvalue weighted by atomic mass is 32.2. The number of aliphatic hydroxyl groups is 1. The van der Waals surface area contributed by atoms with E-state index < -0.39 is 0 Å². The van der Waals surface area contributed by atoms with Gasteiger partial charge < -0.3 is 15.7 Å². The Balaban J connectivity index is 2.77. The highest BCUT2D eigenvalue weighted by molar-refractivity contribution is 7.99. The fraction of sp³-hybridized carbons (Fsp3) is 0.462. The summed E-state index contributed by atoms with van der Waals surface area (Å²) in [6.07, 6.45) is 0. The minimum absolute atomic E-state index is 0.0537. The molecule has 4 nitrogen and oxygen atoms in total. The number of anilines is 1. The molecule has 0 aliphatic carbocycles. The van der Waals surface area contributed by atoms with Crippen LogP contribution in [0.4, 0.5) is 5.69 Å². The second-order valence-electron chi connectivity index (χ2n) is 4.55. The summed E-state index contributed by atoms with van der Waals surface area (Å²) < 4.78 is 0. The van der Waals surface area contributed by atoms with E-state index in [1.165, 1.54) is 4.90 Å². The largest absolute Gasteiger partial charge is 0.398 e. The molecule has 0 heterocycles. The lowest BCUT2D eigenvalue weighted by molar-refractivity contribution is 0.0827. The first kappa shape index (κ1) is 14.9. The van der Waals surface area contributed by atoms with Crippen LogP contribution in [-0.4, -0.2) is 42.4 Å². The van der Waals surface area contributed by atoms with E-state index >= 15 is 0 Å². The molecule has 1 atom stereocenters. The summed E-state index contributed by atoms with van der Waals surface area (Å²) in [6.45, 7) is 2.15. The van der Waals surface area contributed by atoms with Gasteiger partial charge in [0.1, 0.15) is 0 Å². The number of aliphatic hydroxyl groups excluding tert-OH is 1. The number of hydrogen-bond acceptors (Lipinski definition) is 4. The van der Waals surface area contributed by atoms with Crippen LogP contribution in [0.3, 0.4) is 0 Å². The normalized spacial score (nSPS) is 12.2. The zero-order valence-electron chi connectivity index (χ0n) is 11.0. The predicted molar refractivity (Wildman–Crippen MR) is 75.8 cm³/mol. The minimum Gasteiger partial charge on any atom is -0.398 e. The van der Waals surface area contributed by atoms with Gasteiger partial charge in [0, 0.05) is 42.6 Å². The number of benzene rings is 1. The average Bonchev–Trinajstić information content (AvgIpc) is 2.35. The first-order valence-electron chi connectivity index (χ1n) is 5.80. The molecule has 100 valence electrons. The van der Waals surface area contributed by atoms with Crippen LogP contribution in [-0.2, 0) is 0 Å². The Morgan fingerprint density at radius 3 is 2.67 bits per heavy atom. The number of nitrogens with two attached hydrogens (primary N) is 1. The third-order valence-electron chi connectivity index (χ3n) is 2.50. The van der Waals surface area contributed by atoms with Crippen LogP contribution < -0.4 is 5.73 Å². The molecule has 1 amide bonds. The zero-order chi connectivity index (χ0) is 13.7. The lowest BCUT2D eigenvalue weighted by Crippen LogP contribution is -2.21. The first-order chi connectivity index (χ1) is 8.45. The minimum atomic E-state index is -0.0537. The number of carbonyl (C=O) groups is 1. The molecule has 1 aromatic carbocycles. The molecule has 18 heavy (non-hydrogen) atoms. The van der Waals surface area contributed by atoms with Gasteiger partial charge in [0.15, 0.2) is 0 Å². The van der Waals surface area contributed by atoms with E-state index in [0.29, 0.717) is 11.3 Å². The molecule has 3 N–H and O–H groups in total. The molecule has 0 spiro atoms. The number of hydrogen-bond donors (Lipinski definition) is 2. The molecular weight excluding hydrogens is 248 g/mol. The number of amides is 1. The molecule has 0 saturated carbocycles. The van der Waals surface area contributed by atoms with Crippen LogP contribution in [0.2, 0.25) is 0 Å². The van der Waals surface area contributed by atoms with Gasteiger partial charge in [-0.05, 0) is 24.1 Å². The van der Waals surface area contributed by atoms with Gasteiger partial charge in [0.25, 0.3) is 5.91 Å². The number of rotatable bonds is 5. The third kappa shape index (κ3) is 3.92. The molecule has 0 saturated heterocycles. The molecule has 0 aliphatic rings. The van der Waals surface area contributed by atoms with Crippen LogP contribution in [0.5, 0.6) is 0 Å². The fourth-order valence-electron chi connectivity index (χ4n) is 1.36. The van der Waals surface area contributed by atoms with Gasteiger partial charge in [-0.1, -0.05) is 6.92 Å². The van der Waals surface area contributed by atoms with Crippen molar-refractivity contribution in [2.75, 3.05) is 32.2 Å². The summed E-state index contributed by atoms with van der Waals surface area (Å²) in [5, 5.41) is 8.97. The van der Waals surface area contributed by atoms with Crippen LogP contribution in [0.1, 0.15) is 17.3 Å². The maximum Gasteiger partial charge on any atom is 0.253 e. The van der Waals surface area contributed by atoms with Crippen molar-refractivity contribution in [3.63, 3.8) is 0 Å². The Morgan fingerprint density at radius 2 is 2.17 bits per heavy atom. The second-order valence-corrected chi connectivity index (χ2v) is 5.61. The van der Waals surface area contributed by atoms with E-state index in [0.717, 1.165) is 10.6 Å². The summed E-state index contributed by atoms with van der Waals surface area (Å²) in [6, 6.07) is 5.35. The van der Waals surface area contributed by atoms with Crippen LogP contribution in [0.15, 0.2) is 23.1 Å². The zero-order valence-corrected chi connectivity index (χ0v) is 11.8. The van der Waals surface area contributed by atoms with Crippen molar-refractivity contribution < 1.29 is 9.90 Å². The molecule has 0 radical (unpaired) electrons. The Kier molecular flexibility index (Phi) is 5.50. The molecule has 5 heteroatoms. The van der Waals surface area contributed by atoms with E-state index in [1.807, 2.05) is 13.0 Å². The third-order valence-corrected chi connectivity index (χ3v) is 3.92. The van der Waals surface area contributed by atoms with Gasteiger partial charge in [-0.25, -0.2) is 0 Å². The van der Waals surface area contributed by atoms with Gasteiger partial charge in [0.2, 0.25) is 0 Å². The van der Waals surface area contributed by atoms with E-state index in [9.17, 15) is 4.79 Å². The SMILES string of the molecule is CC(CO)CSc1ccc(C(=O)N(C)C)cc1N. The lowest BCUT2D eigenvalue weighted by Gasteiger charge is -2.13. The average molecular weight is 268 g/mol. The molecule has 1 rings (SSSR count). The van der Waals surface area contributed by atoms with E-state index in [1.54, 1.807) is 38.0 Å². The standard InChI is InChI=1S/C13H20N2O2S/c1-9(7-16)8-18-12-5-4-10(6-11(12)14)13(17)15(2)3/h4-6,9,16H,7-8,14H2,1-3H3. The number of thioether (sulfide) groups is 1. The summed E-state index contributed by atoms with van der Waals surface area (Å²) in [4.78, 5) is 14.2. The topological polar surface area (TPSA) is 66.6 Å². The summed E-state index contributed by atoms with van der Waals surface area (Å²) in [5.41, 5.74) is 7.14. The number of nitrogen functional groups attached to an aromatic ring is 1. The molecular formula is C13H20N2O2S. The van der Waals surface area contributed by atoms with Crippen molar-refractivity contribution in [3.8, 4) is 0 Å². The fourth-order valence-corrected chi connectivity index (χ4v) is 2.32. The Morgan fingerprint density at radius 1 is 1.50 bits per heavy atom. The van der Waals surface area contributed by atoms with Gasteiger partial charge in [-0.2, -0.15) is 0 Å². The molecule has 1 aromatic rings. The second kappa shape index (κ2) is 6.66. The maximum absolute atomic E-state index is 11.8.